The Balaban J connectivity index is 3.69. The Kier molecular flexibility index (Phi) is 8.70. The molecule has 16 heavy (non-hydrogen) atoms. The second kappa shape index (κ2) is 8.84. The van der Waals surface area contributed by atoms with Gasteiger partial charge in [-0.2, -0.15) is 0 Å². The summed E-state index contributed by atoms with van der Waals surface area (Å²) in [6.07, 6.45) is 1.03. The van der Waals surface area contributed by atoms with Crippen molar-refractivity contribution in [3.8, 4) is 0 Å². The number of nitrogens with zero attached hydrogens (tertiary/aromatic N) is 1. The van der Waals surface area contributed by atoms with E-state index in [4.69, 9.17) is 5.11 Å². The summed E-state index contributed by atoms with van der Waals surface area (Å²) in [7, 11) is 1.68. The molecule has 0 unspecified atom stereocenters. The molecule has 0 fully saturated rings. The van der Waals surface area contributed by atoms with Crippen molar-refractivity contribution in [2.75, 3.05) is 25.9 Å². The van der Waals surface area contributed by atoms with E-state index in [1.807, 2.05) is 0 Å². The van der Waals surface area contributed by atoms with Crippen LogP contribution in [0, 0.1) is 0 Å². The molecule has 0 amide bonds. The summed E-state index contributed by atoms with van der Waals surface area (Å²) in [5, 5.41) is 11.1. The first-order valence-corrected chi connectivity index (χ1v) is 6.83. The maximum atomic E-state index is 10.7. The molecule has 0 rings (SSSR count). The van der Waals surface area contributed by atoms with E-state index in [-0.39, 0.29) is 0 Å². The Morgan fingerprint density at radius 1 is 1.50 bits per heavy atom. The molecule has 0 aromatic rings. The third kappa shape index (κ3) is 6.35. The van der Waals surface area contributed by atoms with Gasteiger partial charge in [-0.05, 0) is 46.2 Å². The summed E-state index contributed by atoms with van der Waals surface area (Å²) in [4.78, 5) is 13.1. The molecular formula is C11H24N2O2S. The van der Waals surface area contributed by atoms with Crippen LogP contribution in [0.4, 0.5) is 0 Å². The molecule has 0 saturated heterocycles. The first kappa shape index (κ1) is 15.7. The summed E-state index contributed by atoms with van der Waals surface area (Å²) < 4.78 is 0. The minimum Gasteiger partial charge on any atom is -0.479 e. The third-order valence-corrected chi connectivity index (χ3v) is 3.79. The summed E-state index contributed by atoms with van der Waals surface area (Å²) in [5.41, 5.74) is 0. The molecule has 2 N–H and O–H groups in total. The zero-order chi connectivity index (χ0) is 12.6. The van der Waals surface area contributed by atoms with Crippen LogP contribution >= 0.6 is 11.8 Å². The molecule has 96 valence electrons. The molecule has 0 aliphatic carbocycles. The van der Waals surface area contributed by atoms with E-state index in [1.54, 1.807) is 7.05 Å². The highest BCUT2D eigenvalue weighted by molar-refractivity contribution is 8.00. The number of carboxylic acid groups (broad SMARTS) is 1. The van der Waals surface area contributed by atoms with E-state index in [9.17, 15) is 4.79 Å². The molecule has 0 aliphatic heterocycles. The van der Waals surface area contributed by atoms with Gasteiger partial charge in [0.15, 0.2) is 5.37 Å². The van der Waals surface area contributed by atoms with Gasteiger partial charge in [-0.15, -0.1) is 11.8 Å². The first-order chi connectivity index (χ1) is 7.52. The number of carbonyl (C=O) groups is 1. The molecule has 0 aliphatic rings. The molecule has 0 bridgehead atoms. The second-order valence-electron chi connectivity index (χ2n) is 3.95. The molecule has 4 nitrogen and oxygen atoms in total. The highest BCUT2D eigenvalue weighted by Gasteiger charge is 2.14. The van der Waals surface area contributed by atoms with Gasteiger partial charge in [-0.25, -0.2) is 4.79 Å². The van der Waals surface area contributed by atoms with Crippen molar-refractivity contribution in [3.05, 3.63) is 0 Å². The van der Waals surface area contributed by atoms with Crippen molar-refractivity contribution in [1.29, 1.82) is 0 Å². The van der Waals surface area contributed by atoms with E-state index >= 15 is 0 Å². The van der Waals surface area contributed by atoms with Gasteiger partial charge in [0.2, 0.25) is 0 Å². The van der Waals surface area contributed by atoms with Crippen LogP contribution in [-0.4, -0.2) is 53.3 Å². The Labute approximate surface area is 103 Å². The maximum absolute atomic E-state index is 10.7. The average molecular weight is 248 g/mol. The lowest BCUT2D eigenvalue weighted by molar-refractivity contribution is -0.136. The smallest absolute Gasteiger partial charge is 0.331 e. The van der Waals surface area contributed by atoms with Crippen LogP contribution < -0.4 is 5.32 Å². The lowest BCUT2D eigenvalue weighted by Gasteiger charge is -2.24. The molecule has 0 saturated carbocycles. The molecule has 5 heteroatoms. The minimum absolute atomic E-state index is 0.478. The van der Waals surface area contributed by atoms with Crippen LogP contribution in [-0.2, 0) is 4.79 Å². The Bertz CT molecular complexity index is 200. The normalized spacial score (nSPS) is 13.4. The predicted octanol–water partition coefficient (Wildman–Crippen LogP) is 1.47. The van der Waals surface area contributed by atoms with Gasteiger partial charge in [0.05, 0.1) is 0 Å². The van der Waals surface area contributed by atoms with Crippen LogP contribution in [0.1, 0.15) is 27.2 Å². The number of aliphatic carboxylic acids is 1. The van der Waals surface area contributed by atoms with Crippen LogP contribution in [0.25, 0.3) is 0 Å². The lowest BCUT2D eigenvalue weighted by Crippen LogP contribution is -2.33. The monoisotopic (exact) mass is 248 g/mol. The fraction of sp³-hybridized carbons (Fsp3) is 0.909. The molecule has 0 aromatic carbocycles. The minimum atomic E-state index is -0.788. The maximum Gasteiger partial charge on any atom is 0.331 e. The summed E-state index contributed by atoms with van der Waals surface area (Å²) in [6.45, 7) is 8.61. The van der Waals surface area contributed by atoms with E-state index in [2.05, 4.69) is 31.0 Å². The molecule has 1 atom stereocenters. The predicted molar refractivity (Wildman–Crippen MR) is 69.9 cm³/mol. The van der Waals surface area contributed by atoms with Crippen molar-refractivity contribution < 1.29 is 9.90 Å². The van der Waals surface area contributed by atoms with Gasteiger partial charge in [-0.1, -0.05) is 6.92 Å². The standard InChI is InChI=1S/C11H24N2O2S/c1-5-13(9(2)3)7-6-8-16-10(12-4)11(14)15/h9-10,12H,5-8H2,1-4H3,(H,14,15)/t10-/m1/s1. The first-order valence-electron chi connectivity index (χ1n) is 5.78. The quantitative estimate of drug-likeness (QED) is 0.478. The molecule has 0 heterocycles. The largest absolute Gasteiger partial charge is 0.479 e. The SMILES string of the molecule is CCN(CCCS[C@@H](NC)C(=O)O)C(C)C. The summed E-state index contributed by atoms with van der Waals surface area (Å²) in [5.74, 6) is 0.0878. The summed E-state index contributed by atoms with van der Waals surface area (Å²) in [6, 6.07) is 0.564. The fourth-order valence-electron chi connectivity index (χ4n) is 1.53. The van der Waals surface area contributed by atoms with Gasteiger partial charge >= 0.3 is 5.97 Å². The van der Waals surface area contributed by atoms with Crippen molar-refractivity contribution in [3.63, 3.8) is 0 Å². The average Bonchev–Trinajstić information content (AvgIpc) is 2.22. The van der Waals surface area contributed by atoms with Crippen LogP contribution in [0.5, 0.6) is 0 Å². The van der Waals surface area contributed by atoms with Gasteiger partial charge in [0.25, 0.3) is 0 Å². The van der Waals surface area contributed by atoms with E-state index in [1.165, 1.54) is 11.8 Å². The zero-order valence-electron chi connectivity index (χ0n) is 10.7. The summed E-state index contributed by atoms with van der Waals surface area (Å²) >= 11 is 1.46. The highest BCUT2D eigenvalue weighted by Crippen LogP contribution is 2.10. The fourth-order valence-corrected chi connectivity index (χ4v) is 2.37. The highest BCUT2D eigenvalue weighted by atomic mass is 32.2. The van der Waals surface area contributed by atoms with E-state index in [0.717, 1.165) is 25.3 Å². The number of hydrogen-bond acceptors (Lipinski definition) is 4. The molecule has 0 aromatic heterocycles. The number of thioether (sulfide) groups is 1. The van der Waals surface area contributed by atoms with Gasteiger partial charge < -0.3 is 10.0 Å². The number of carboxylic acids is 1. The molecule has 0 spiro atoms. The Hall–Kier alpha value is -0.260. The van der Waals surface area contributed by atoms with Gasteiger partial charge in [0, 0.05) is 6.04 Å². The van der Waals surface area contributed by atoms with Crippen molar-refractivity contribution in [2.45, 2.75) is 38.6 Å². The van der Waals surface area contributed by atoms with Gasteiger partial charge in [0.1, 0.15) is 0 Å². The Morgan fingerprint density at radius 2 is 2.12 bits per heavy atom. The molecule has 0 radical (unpaired) electrons. The van der Waals surface area contributed by atoms with Crippen LogP contribution in [0.2, 0.25) is 0 Å². The van der Waals surface area contributed by atoms with Crippen LogP contribution in [0.3, 0.4) is 0 Å². The zero-order valence-corrected chi connectivity index (χ0v) is 11.5. The van der Waals surface area contributed by atoms with Crippen molar-refractivity contribution in [2.24, 2.45) is 0 Å². The number of likely N-dealkylation sites (N-methyl/N-ethyl adjacent to an activating group) is 1. The van der Waals surface area contributed by atoms with Gasteiger partial charge in [-0.3, -0.25) is 5.32 Å². The molecular weight excluding hydrogens is 224 g/mol. The van der Waals surface area contributed by atoms with Crippen molar-refractivity contribution in [1.82, 2.24) is 10.2 Å². The number of hydrogen-bond donors (Lipinski definition) is 2. The van der Waals surface area contributed by atoms with Crippen LogP contribution in [0.15, 0.2) is 0 Å². The second-order valence-corrected chi connectivity index (χ2v) is 5.17. The third-order valence-electron chi connectivity index (χ3n) is 2.50. The lowest BCUT2D eigenvalue weighted by atomic mass is 10.3. The Morgan fingerprint density at radius 3 is 2.50 bits per heavy atom. The number of nitrogens with one attached hydrogen (secondary N) is 1. The van der Waals surface area contributed by atoms with E-state index < -0.39 is 11.3 Å². The van der Waals surface area contributed by atoms with Crippen molar-refractivity contribution >= 4 is 17.7 Å². The van der Waals surface area contributed by atoms with E-state index in [0.29, 0.717) is 6.04 Å². The topological polar surface area (TPSA) is 52.6 Å². The number of rotatable bonds is 9.